The van der Waals surface area contributed by atoms with E-state index < -0.39 is 22.1 Å². The highest BCUT2D eigenvalue weighted by molar-refractivity contribution is 7.92. The molecular formula is C35H34FN5O5S. The molecule has 12 heteroatoms. The summed E-state index contributed by atoms with van der Waals surface area (Å²) in [6.45, 7) is 1.94. The van der Waals surface area contributed by atoms with Crippen LogP contribution in [0.5, 0.6) is 0 Å². The Morgan fingerprint density at radius 3 is 2.49 bits per heavy atom. The molecule has 0 aliphatic carbocycles. The highest BCUT2D eigenvalue weighted by Crippen LogP contribution is 2.44. The number of sulfonamides is 1. The van der Waals surface area contributed by atoms with Crippen LogP contribution < -0.4 is 14.9 Å². The molecule has 6 aromatic rings. The first kappa shape index (κ1) is 31.0. The second-order valence-corrected chi connectivity index (χ2v) is 13.7. The molecule has 1 aliphatic heterocycles. The molecule has 7 rings (SSSR count). The van der Waals surface area contributed by atoms with Crippen molar-refractivity contribution in [1.82, 2.24) is 20.6 Å². The van der Waals surface area contributed by atoms with Crippen LogP contribution >= 0.6 is 0 Å². The molecule has 47 heavy (non-hydrogen) atoms. The van der Waals surface area contributed by atoms with Gasteiger partial charge < -0.3 is 19.3 Å². The molecule has 242 valence electrons. The van der Waals surface area contributed by atoms with E-state index in [9.17, 15) is 17.9 Å². The van der Waals surface area contributed by atoms with E-state index in [1.165, 1.54) is 22.7 Å². The third-order valence-corrected chi connectivity index (χ3v) is 9.78. The van der Waals surface area contributed by atoms with Crippen molar-refractivity contribution in [3.63, 3.8) is 0 Å². The molecule has 0 saturated carbocycles. The van der Waals surface area contributed by atoms with Gasteiger partial charge >= 0.3 is 0 Å². The molecule has 1 atom stereocenters. The lowest BCUT2D eigenvalue weighted by atomic mass is 9.95. The molecule has 3 N–H and O–H groups in total. The lowest BCUT2D eigenvalue weighted by Gasteiger charge is -2.31. The smallest absolute Gasteiger partial charge is 0.232 e. The lowest BCUT2D eigenvalue weighted by molar-refractivity contribution is 0.150. The summed E-state index contributed by atoms with van der Waals surface area (Å²) in [7, 11) is -2.13. The fraction of sp³-hybridized carbons (Fsp3) is 0.257. The average Bonchev–Trinajstić information content (AvgIpc) is 3.68. The molecule has 0 radical (unpaired) electrons. The summed E-state index contributed by atoms with van der Waals surface area (Å²) in [5.41, 5.74) is 4.89. The number of hydrogen-bond donors (Lipinski definition) is 3. The van der Waals surface area contributed by atoms with Gasteiger partial charge in [-0.25, -0.2) is 17.8 Å². The summed E-state index contributed by atoms with van der Waals surface area (Å²) in [5.74, 6) is 0.482. The van der Waals surface area contributed by atoms with E-state index in [0.29, 0.717) is 73.9 Å². The fourth-order valence-corrected chi connectivity index (χ4v) is 7.23. The van der Waals surface area contributed by atoms with Crippen LogP contribution in [0.25, 0.3) is 56.1 Å². The Bertz CT molecular complexity index is 2140. The number of aliphatic hydroxyl groups is 1. The molecule has 10 nitrogen and oxygen atoms in total. The topological polar surface area (TPSA) is 134 Å². The maximum atomic E-state index is 13.9. The Hall–Kier alpha value is -4.62. The molecule has 0 spiro atoms. The predicted octanol–water partition coefficient (Wildman–Crippen LogP) is 6.09. The Balaban J connectivity index is 1.46. The number of furan rings is 1. The molecule has 3 aromatic heterocycles. The summed E-state index contributed by atoms with van der Waals surface area (Å²) in [4.78, 5) is 8.85. The van der Waals surface area contributed by atoms with Gasteiger partial charge in [-0.05, 0) is 99.1 Å². The van der Waals surface area contributed by atoms with E-state index in [-0.39, 0.29) is 5.92 Å². The highest BCUT2D eigenvalue weighted by atomic mass is 32.2. The monoisotopic (exact) mass is 655 g/mol. The SMILES string of the molecule is CNC(O)c1c(-c2ccc(F)cc2)oc2cc(N(CC3CCNCC3)S(C)(=O)=O)c(-c3cccc(-c4nc5ncccc5o4)c3)cc12. The van der Waals surface area contributed by atoms with E-state index in [1.54, 1.807) is 43.6 Å². The van der Waals surface area contributed by atoms with Crippen molar-refractivity contribution in [1.29, 1.82) is 0 Å². The summed E-state index contributed by atoms with van der Waals surface area (Å²) in [6.07, 6.45) is 3.43. The number of piperidine rings is 1. The number of nitrogens with zero attached hydrogens (tertiary/aromatic N) is 3. The molecule has 1 fully saturated rings. The lowest BCUT2D eigenvalue weighted by Crippen LogP contribution is -2.39. The normalized spacial score (nSPS) is 15.0. The van der Waals surface area contributed by atoms with Crippen molar-refractivity contribution >= 4 is 37.9 Å². The second-order valence-electron chi connectivity index (χ2n) is 11.8. The van der Waals surface area contributed by atoms with E-state index in [2.05, 4.69) is 20.6 Å². The molecule has 0 amide bonds. The number of aromatic nitrogens is 2. The van der Waals surface area contributed by atoms with Crippen LogP contribution in [0.3, 0.4) is 0 Å². The molecule has 0 bridgehead atoms. The van der Waals surface area contributed by atoms with Crippen LogP contribution in [-0.4, -0.2) is 56.4 Å². The van der Waals surface area contributed by atoms with Gasteiger partial charge in [0.1, 0.15) is 23.4 Å². The minimum atomic E-state index is -3.75. The van der Waals surface area contributed by atoms with Crippen molar-refractivity contribution in [2.75, 3.05) is 37.2 Å². The minimum Gasteiger partial charge on any atom is -0.456 e. The van der Waals surface area contributed by atoms with Crippen LogP contribution in [0.4, 0.5) is 10.1 Å². The number of aliphatic hydroxyl groups excluding tert-OH is 1. The van der Waals surface area contributed by atoms with E-state index in [0.717, 1.165) is 25.9 Å². The van der Waals surface area contributed by atoms with Gasteiger partial charge in [0.05, 0.1) is 11.9 Å². The zero-order chi connectivity index (χ0) is 32.7. The van der Waals surface area contributed by atoms with Gasteiger partial charge in [-0.3, -0.25) is 9.62 Å². The number of fused-ring (bicyclic) bond motifs is 2. The number of hydrogen-bond acceptors (Lipinski definition) is 9. The van der Waals surface area contributed by atoms with Crippen LogP contribution in [0.15, 0.2) is 87.8 Å². The quantitative estimate of drug-likeness (QED) is 0.158. The summed E-state index contributed by atoms with van der Waals surface area (Å²) < 4.78 is 54.8. The first-order valence-corrected chi connectivity index (χ1v) is 17.3. The number of nitrogens with one attached hydrogen (secondary N) is 2. The third-order valence-electron chi connectivity index (χ3n) is 8.64. The summed E-state index contributed by atoms with van der Waals surface area (Å²) in [6, 6.07) is 20.5. The zero-order valence-electron chi connectivity index (χ0n) is 25.9. The minimum absolute atomic E-state index is 0.154. The maximum Gasteiger partial charge on any atom is 0.232 e. The molecule has 1 saturated heterocycles. The number of oxazole rings is 1. The third kappa shape index (κ3) is 6.12. The molecule has 3 aromatic carbocycles. The van der Waals surface area contributed by atoms with Crippen molar-refractivity contribution in [2.24, 2.45) is 5.92 Å². The Labute approximate surface area is 271 Å². The number of pyridine rings is 1. The summed E-state index contributed by atoms with van der Waals surface area (Å²) >= 11 is 0. The average molecular weight is 656 g/mol. The number of halogens is 1. The van der Waals surface area contributed by atoms with Gasteiger partial charge in [0.2, 0.25) is 15.9 Å². The first-order valence-electron chi connectivity index (χ1n) is 15.4. The van der Waals surface area contributed by atoms with E-state index in [4.69, 9.17) is 8.83 Å². The molecular weight excluding hydrogens is 621 g/mol. The van der Waals surface area contributed by atoms with Crippen molar-refractivity contribution in [3.05, 3.63) is 90.4 Å². The number of anilines is 1. The largest absolute Gasteiger partial charge is 0.456 e. The van der Waals surface area contributed by atoms with Crippen molar-refractivity contribution in [3.8, 4) is 33.9 Å². The van der Waals surface area contributed by atoms with Crippen LogP contribution in [0.1, 0.15) is 24.6 Å². The first-order chi connectivity index (χ1) is 22.7. The predicted molar refractivity (Wildman–Crippen MR) is 180 cm³/mol. The molecule has 1 unspecified atom stereocenters. The Morgan fingerprint density at radius 1 is 1.00 bits per heavy atom. The molecule has 4 heterocycles. The zero-order valence-corrected chi connectivity index (χ0v) is 26.7. The standard InChI is InChI=1S/C35H34FN5O5S/c1-37-34(42)31-27-18-26(23-5-3-6-24(17-23)35-40-33-29(46-35)7-4-14-39-33)28(41(47(2,43)44)20-21-12-15-38-16-13-21)19-30(27)45-32(31)22-8-10-25(36)11-9-22/h3-11,14,17-19,21,34,37-38,42H,12-13,15-16,20H2,1-2H3. The fourth-order valence-electron chi connectivity index (χ4n) is 6.24. The second kappa shape index (κ2) is 12.5. The van der Waals surface area contributed by atoms with Gasteiger partial charge in [-0.2, -0.15) is 4.98 Å². The van der Waals surface area contributed by atoms with Gasteiger partial charge in [0.25, 0.3) is 0 Å². The van der Waals surface area contributed by atoms with Gasteiger partial charge in [-0.15, -0.1) is 0 Å². The van der Waals surface area contributed by atoms with Crippen molar-refractivity contribution < 1.29 is 26.7 Å². The summed E-state index contributed by atoms with van der Waals surface area (Å²) in [5, 5.41) is 18.0. The van der Waals surface area contributed by atoms with Gasteiger partial charge in [0.15, 0.2) is 11.2 Å². The van der Waals surface area contributed by atoms with Crippen LogP contribution in [-0.2, 0) is 10.0 Å². The molecule has 1 aliphatic rings. The van der Waals surface area contributed by atoms with E-state index in [1.807, 2.05) is 30.3 Å². The van der Waals surface area contributed by atoms with Gasteiger partial charge in [0, 0.05) is 46.4 Å². The number of rotatable bonds is 9. The van der Waals surface area contributed by atoms with Crippen LogP contribution in [0.2, 0.25) is 0 Å². The Morgan fingerprint density at radius 2 is 1.77 bits per heavy atom. The van der Waals surface area contributed by atoms with Gasteiger partial charge in [-0.1, -0.05) is 12.1 Å². The highest BCUT2D eigenvalue weighted by Gasteiger charge is 2.29. The maximum absolute atomic E-state index is 13.9. The van der Waals surface area contributed by atoms with E-state index >= 15 is 0 Å². The van der Waals surface area contributed by atoms with Crippen molar-refractivity contribution in [2.45, 2.75) is 19.1 Å². The Kier molecular flexibility index (Phi) is 8.27. The van der Waals surface area contributed by atoms with Crippen LogP contribution in [0, 0.1) is 11.7 Å². The number of benzene rings is 3.